The van der Waals surface area contributed by atoms with Crippen LogP contribution in [0.3, 0.4) is 0 Å². The van der Waals surface area contributed by atoms with Crippen molar-refractivity contribution in [1.82, 2.24) is 9.55 Å². The monoisotopic (exact) mass is 155 g/mol. The van der Waals surface area contributed by atoms with Gasteiger partial charge in [-0.05, 0) is 6.92 Å². The lowest BCUT2D eigenvalue weighted by molar-refractivity contribution is 0.162. The minimum absolute atomic E-state index is 0.296. The number of rotatable bonds is 3. The SMILES string of the molecule is COCC(C)n1cnc(N)c1. The summed E-state index contributed by atoms with van der Waals surface area (Å²) in [6, 6.07) is 0.296. The fourth-order valence-electron chi connectivity index (χ4n) is 0.921. The summed E-state index contributed by atoms with van der Waals surface area (Å²) in [5.74, 6) is 0.549. The Hall–Kier alpha value is -1.03. The van der Waals surface area contributed by atoms with Crippen molar-refractivity contribution in [1.29, 1.82) is 0 Å². The number of nitrogen functional groups attached to an aromatic ring is 1. The van der Waals surface area contributed by atoms with E-state index in [-0.39, 0.29) is 0 Å². The van der Waals surface area contributed by atoms with Crippen LogP contribution in [0, 0.1) is 0 Å². The summed E-state index contributed by atoms with van der Waals surface area (Å²) in [4.78, 5) is 3.91. The van der Waals surface area contributed by atoms with E-state index in [1.54, 1.807) is 19.6 Å². The molecule has 0 fully saturated rings. The Morgan fingerprint density at radius 1 is 1.82 bits per heavy atom. The number of hydrogen-bond acceptors (Lipinski definition) is 3. The van der Waals surface area contributed by atoms with E-state index >= 15 is 0 Å². The number of aromatic nitrogens is 2. The van der Waals surface area contributed by atoms with Crippen LogP contribution in [0.1, 0.15) is 13.0 Å². The number of methoxy groups -OCH3 is 1. The molecule has 62 valence electrons. The average molecular weight is 155 g/mol. The van der Waals surface area contributed by atoms with Crippen LogP contribution < -0.4 is 5.73 Å². The van der Waals surface area contributed by atoms with E-state index in [0.717, 1.165) is 0 Å². The van der Waals surface area contributed by atoms with Gasteiger partial charge in [-0.2, -0.15) is 0 Å². The normalized spacial score (nSPS) is 13.3. The molecule has 1 atom stereocenters. The Morgan fingerprint density at radius 3 is 3.00 bits per heavy atom. The topological polar surface area (TPSA) is 53.1 Å². The highest BCUT2D eigenvalue weighted by atomic mass is 16.5. The van der Waals surface area contributed by atoms with Crippen LogP contribution in [0.2, 0.25) is 0 Å². The summed E-state index contributed by atoms with van der Waals surface area (Å²) in [7, 11) is 1.68. The highest BCUT2D eigenvalue weighted by Crippen LogP contribution is 2.07. The van der Waals surface area contributed by atoms with Crippen molar-refractivity contribution >= 4 is 5.82 Å². The minimum atomic E-state index is 0.296. The largest absolute Gasteiger partial charge is 0.383 e. The molecule has 4 heteroatoms. The number of nitrogens with zero attached hydrogens (tertiary/aromatic N) is 2. The molecule has 1 rings (SSSR count). The summed E-state index contributed by atoms with van der Waals surface area (Å²) >= 11 is 0. The van der Waals surface area contributed by atoms with Gasteiger partial charge in [-0.15, -0.1) is 0 Å². The maximum absolute atomic E-state index is 5.44. The van der Waals surface area contributed by atoms with Gasteiger partial charge >= 0.3 is 0 Å². The third-order valence-electron chi connectivity index (χ3n) is 1.54. The third kappa shape index (κ3) is 1.94. The predicted octanol–water partition coefficient (Wildman–Crippen LogP) is 0.673. The molecule has 1 aromatic rings. The lowest BCUT2D eigenvalue weighted by atomic mass is 10.4. The second-order valence-corrected chi connectivity index (χ2v) is 2.55. The van der Waals surface area contributed by atoms with Crippen LogP contribution in [0.5, 0.6) is 0 Å². The Morgan fingerprint density at radius 2 is 2.55 bits per heavy atom. The Kier molecular flexibility index (Phi) is 2.48. The zero-order chi connectivity index (χ0) is 8.27. The summed E-state index contributed by atoms with van der Waals surface area (Å²) in [5.41, 5.74) is 5.44. The molecule has 0 amide bonds. The van der Waals surface area contributed by atoms with Crippen LogP contribution in [0.15, 0.2) is 12.5 Å². The van der Waals surface area contributed by atoms with Crippen molar-refractivity contribution in [2.75, 3.05) is 19.5 Å². The molecule has 1 aromatic heterocycles. The van der Waals surface area contributed by atoms with Crippen molar-refractivity contribution in [3.8, 4) is 0 Å². The summed E-state index contributed by atoms with van der Waals surface area (Å²) in [6.45, 7) is 2.72. The van der Waals surface area contributed by atoms with Crippen molar-refractivity contribution in [2.45, 2.75) is 13.0 Å². The maximum atomic E-state index is 5.44. The van der Waals surface area contributed by atoms with E-state index in [0.29, 0.717) is 18.5 Å². The van der Waals surface area contributed by atoms with Gasteiger partial charge in [0.1, 0.15) is 5.82 Å². The van der Waals surface area contributed by atoms with Gasteiger partial charge in [0.05, 0.1) is 19.0 Å². The van der Waals surface area contributed by atoms with Gasteiger partial charge in [-0.3, -0.25) is 0 Å². The molecule has 0 aliphatic rings. The minimum Gasteiger partial charge on any atom is -0.383 e. The molecule has 0 saturated heterocycles. The molecule has 0 saturated carbocycles. The fourth-order valence-corrected chi connectivity index (χ4v) is 0.921. The van der Waals surface area contributed by atoms with E-state index < -0.39 is 0 Å². The summed E-state index contributed by atoms with van der Waals surface area (Å²) < 4.78 is 6.91. The number of ether oxygens (including phenoxy) is 1. The van der Waals surface area contributed by atoms with Crippen LogP contribution >= 0.6 is 0 Å². The first-order chi connectivity index (χ1) is 5.24. The third-order valence-corrected chi connectivity index (χ3v) is 1.54. The number of anilines is 1. The first-order valence-electron chi connectivity index (χ1n) is 3.52. The molecule has 1 unspecified atom stereocenters. The summed E-state index contributed by atoms with van der Waals surface area (Å²) in [5, 5.41) is 0. The quantitative estimate of drug-likeness (QED) is 0.698. The molecule has 0 aliphatic carbocycles. The Balaban J connectivity index is 2.60. The van der Waals surface area contributed by atoms with Gasteiger partial charge < -0.3 is 15.0 Å². The maximum Gasteiger partial charge on any atom is 0.141 e. The number of imidazole rings is 1. The van der Waals surface area contributed by atoms with Gasteiger partial charge in [0.25, 0.3) is 0 Å². The molecule has 11 heavy (non-hydrogen) atoms. The molecule has 0 bridgehead atoms. The van der Waals surface area contributed by atoms with E-state index in [9.17, 15) is 0 Å². The molecular formula is C7H13N3O. The molecule has 0 aliphatic heterocycles. The standard InChI is InChI=1S/C7H13N3O/c1-6(4-11-2)10-3-7(8)9-5-10/h3,5-6H,4,8H2,1-2H3. The zero-order valence-corrected chi connectivity index (χ0v) is 6.82. The lowest BCUT2D eigenvalue weighted by Crippen LogP contribution is -2.08. The first kappa shape index (κ1) is 8.07. The molecule has 0 aromatic carbocycles. The highest BCUT2D eigenvalue weighted by Gasteiger charge is 2.02. The van der Waals surface area contributed by atoms with Crippen molar-refractivity contribution in [2.24, 2.45) is 0 Å². The molecule has 0 radical (unpaired) electrons. The Labute approximate surface area is 66.0 Å². The van der Waals surface area contributed by atoms with Gasteiger partial charge in [0.2, 0.25) is 0 Å². The second-order valence-electron chi connectivity index (χ2n) is 2.55. The van der Waals surface area contributed by atoms with Gasteiger partial charge in [-0.1, -0.05) is 0 Å². The highest BCUT2D eigenvalue weighted by molar-refractivity contribution is 5.22. The van der Waals surface area contributed by atoms with Crippen LogP contribution in [-0.4, -0.2) is 23.3 Å². The van der Waals surface area contributed by atoms with Gasteiger partial charge in [-0.25, -0.2) is 4.98 Å². The van der Waals surface area contributed by atoms with E-state index in [2.05, 4.69) is 4.98 Å². The van der Waals surface area contributed by atoms with E-state index in [1.807, 2.05) is 11.5 Å². The second kappa shape index (κ2) is 3.39. The van der Waals surface area contributed by atoms with E-state index in [4.69, 9.17) is 10.5 Å². The smallest absolute Gasteiger partial charge is 0.141 e. The van der Waals surface area contributed by atoms with Gasteiger partial charge in [0.15, 0.2) is 0 Å². The van der Waals surface area contributed by atoms with Crippen LogP contribution in [-0.2, 0) is 4.74 Å². The first-order valence-corrected chi connectivity index (χ1v) is 3.52. The fraction of sp³-hybridized carbons (Fsp3) is 0.571. The molecule has 0 spiro atoms. The Bertz CT molecular complexity index is 221. The molecular weight excluding hydrogens is 142 g/mol. The molecule has 4 nitrogen and oxygen atoms in total. The molecule has 2 N–H and O–H groups in total. The van der Waals surface area contributed by atoms with Gasteiger partial charge in [0, 0.05) is 13.3 Å². The van der Waals surface area contributed by atoms with Crippen molar-refractivity contribution in [3.05, 3.63) is 12.5 Å². The molecule has 1 heterocycles. The van der Waals surface area contributed by atoms with Crippen LogP contribution in [0.4, 0.5) is 5.82 Å². The van der Waals surface area contributed by atoms with Crippen LogP contribution in [0.25, 0.3) is 0 Å². The summed E-state index contributed by atoms with van der Waals surface area (Å²) in [6.07, 6.45) is 3.50. The van der Waals surface area contributed by atoms with E-state index in [1.165, 1.54) is 0 Å². The lowest BCUT2D eigenvalue weighted by Gasteiger charge is -2.10. The predicted molar refractivity (Wildman–Crippen MR) is 43.2 cm³/mol. The number of nitrogens with two attached hydrogens (primary N) is 1. The average Bonchev–Trinajstić information content (AvgIpc) is 2.36. The number of hydrogen-bond donors (Lipinski definition) is 1. The van der Waals surface area contributed by atoms with Crippen molar-refractivity contribution in [3.63, 3.8) is 0 Å². The zero-order valence-electron chi connectivity index (χ0n) is 6.82. The van der Waals surface area contributed by atoms with Crippen molar-refractivity contribution < 1.29 is 4.74 Å².